The van der Waals surface area contributed by atoms with E-state index < -0.39 is 0 Å². The fraction of sp³-hybridized carbons (Fsp3) is 0.440. The van der Waals surface area contributed by atoms with E-state index in [1.54, 1.807) is 6.20 Å². The molecule has 32 heavy (non-hydrogen) atoms. The van der Waals surface area contributed by atoms with E-state index in [-0.39, 0.29) is 23.8 Å². The van der Waals surface area contributed by atoms with E-state index in [1.165, 1.54) is 0 Å². The molecule has 0 aliphatic carbocycles. The molecule has 4 rings (SSSR count). The molecule has 0 radical (unpaired) electrons. The smallest absolute Gasteiger partial charge is 0.253 e. The summed E-state index contributed by atoms with van der Waals surface area (Å²) in [6.45, 7) is 10.2. The standard InChI is InChI=1S/C25H31N5O2/c1-16(2)22-13-20(21-15-27-30(17(3)4)23(21)28-22)24(31)26-14-18-8-7-9-19(12-18)25(32)29-10-5-6-11-29/h7-9,12-13,15-17H,5-6,10-11,14H2,1-4H3,(H,26,31). The maximum Gasteiger partial charge on any atom is 0.253 e. The number of carbonyl (C=O) groups is 2. The predicted octanol–water partition coefficient (Wildman–Crippen LogP) is 4.30. The second-order valence-electron chi connectivity index (χ2n) is 9.05. The van der Waals surface area contributed by atoms with E-state index in [4.69, 9.17) is 4.98 Å². The van der Waals surface area contributed by atoms with Crippen LogP contribution in [0, 0.1) is 0 Å². The number of aromatic nitrogens is 3. The topological polar surface area (TPSA) is 80.1 Å². The Morgan fingerprint density at radius 3 is 2.53 bits per heavy atom. The van der Waals surface area contributed by atoms with Crippen LogP contribution in [0.1, 0.15) is 84.5 Å². The van der Waals surface area contributed by atoms with Crippen LogP contribution in [0.25, 0.3) is 11.0 Å². The van der Waals surface area contributed by atoms with Crippen LogP contribution >= 0.6 is 0 Å². The number of nitrogens with one attached hydrogen (secondary N) is 1. The van der Waals surface area contributed by atoms with Gasteiger partial charge in [0.25, 0.3) is 11.8 Å². The first-order valence-electron chi connectivity index (χ1n) is 11.4. The number of likely N-dealkylation sites (tertiary alicyclic amines) is 1. The maximum atomic E-state index is 13.2. The van der Waals surface area contributed by atoms with Crippen molar-refractivity contribution >= 4 is 22.8 Å². The Morgan fingerprint density at radius 2 is 1.84 bits per heavy atom. The Bertz CT molecular complexity index is 1140. The molecule has 168 valence electrons. The van der Waals surface area contributed by atoms with Crippen molar-refractivity contribution in [3.05, 3.63) is 58.9 Å². The van der Waals surface area contributed by atoms with Gasteiger partial charge in [0.2, 0.25) is 0 Å². The number of benzene rings is 1. The second kappa shape index (κ2) is 9.10. The molecule has 1 saturated heterocycles. The number of nitrogens with zero attached hydrogens (tertiary/aromatic N) is 4. The summed E-state index contributed by atoms with van der Waals surface area (Å²) in [4.78, 5) is 32.5. The highest BCUT2D eigenvalue weighted by molar-refractivity contribution is 6.05. The monoisotopic (exact) mass is 433 g/mol. The van der Waals surface area contributed by atoms with Gasteiger partial charge in [0.15, 0.2) is 5.65 Å². The van der Waals surface area contributed by atoms with E-state index in [2.05, 4.69) is 24.3 Å². The summed E-state index contributed by atoms with van der Waals surface area (Å²) in [6.07, 6.45) is 3.85. The van der Waals surface area contributed by atoms with E-state index >= 15 is 0 Å². The Labute approximate surface area is 188 Å². The van der Waals surface area contributed by atoms with Crippen LogP contribution in [0.3, 0.4) is 0 Å². The molecule has 0 spiro atoms. The zero-order chi connectivity index (χ0) is 22.8. The fourth-order valence-electron chi connectivity index (χ4n) is 4.09. The lowest BCUT2D eigenvalue weighted by Crippen LogP contribution is -2.28. The van der Waals surface area contributed by atoms with Gasteiger partial charge in [-0.05, 0) is 56.4 Å². The Balaban J connectivity index is 1.56. The Morgan fingerprint density at radius 1 is 1.09 bits per heavy atom. The van der Waals surface area contributed by atoms with Crippen LogP contribution in [0.2, 0.25) is 0 Å². The molecule has 1 fully saturated rings. The molecule has 1 aromatic carbocycles. The summed E-state index contributed by atoms with van der Waals surface area (Å²) in [6, 6.07) is 9.53. The summed E-state index contributed by atoms with van der Waals surface area (Å²) in [5.74, 6) is 0.0859. The van der Waals surface area contributed by atoms with Gasteiger partial charge in [-0.1, -0.05) is 26.0 Å². The quantitative estimate of drug-likeness (QED) is 0.628. The SMILES string of the molecule is CC(C)c1cc(C(=O)NCc2cccc(C(=O)N3CCCC3)c2)c2cnn(C(C)C)c2n1. The van der Waals surface area contributed by atoms with Crippen molar-refractivity contribution in [3.63, 3.8) is 0 Å². The third-order valence-corrected chi connectivity index (χ3v) is 5.93. The van der Waals surface area contributed by atoms with E-state index in [9.17, 15) is 9.59 Å². The van der Waals surface area contributed by atoms with Gasteiger partial charge < -0.3 is 10.2 Å². The van der Waals surface area contributed by atoms with E-state index in [0.29, 0.717) is 17.7 Å². The lowest BCUT2D eigenvalue weighted by atomic mass is 10.0. The first-order chi connectivity index (χ1) is 15.3. The van der Waals surface area contributed by atoms with Crippen LogP contribution in [-0.2, 0) is 6.54 Å². The lowest BCUT2D eigenvalue weighted by molar-refractivity contribution is 0.0792. The lowest BCUT2D eigenvalue weighted by Gasteiger charge is -2.16. The molecular formula is C25H31N5O2. The van der Waals surface area contributed by atoms with Gasteiger partial charge in [-0.2, -0.15) is 5.10 Å². The van der Waals surface area contributed by atoms with Crippen LogP contribution < -0.4 is 5.32 Å². The van der Waals surface area contributed by atoms with Crippen molar-refractivity contribution in [1.29, 1.82) is 0 Å². The highest BCUT2D eigenvalue weighted by atomic mass is 16.2. The van der Waals surface area contributed by atoms with Gasteiger partial charge in [-0.3, -0.25) is 9.59 Å². The third-order valence-electron chi connectivity index (χ3n) is 5.93. The second-order valence-corrected chi connectivity index (χ2v) is 9.05. The minimum Gasteiger partial charge on any atom is -0.348 e. The largest absolute Gasteiger partial charge is 0.348 e. The minimum absolute atomic E-state index is 0.0641. The summed E-state index contributed by atoms with van der Waals surface area (Å²) in [5, 5.41) is 8.23. The number of pyridine rings is 1. The molecule has 0 atom stereocenters. The third kappa shape index (κ3) is 4.38. The Hall–Kier alpha value is -3.22. The molecule has 3 heterocycles. The summed E-state index contributed by atoms with van der Waals surface area (Å²) in [5.41, 5.74) is 3.74. The van der Waals surface area contributed by atoms with E-state index in [1.807, 2.05) is 53.8 Å². The number of amides is 2. The summed E-state index contributed by atoms with van der Waals surface area (Å²) >= 11 is 0. The molecule has 0 bridgehead atoms. The molecule has 0 saturated carbocycles. The first-order valence-corrected chi connectivity index (χ1v) is 11.4. The zero-order valence-corrected chi connectivity index (χ0v) is 19.3. The maximum absolute atomic E-state index is 13.2. The molecule has 7 nitrogen and oxygen atoms in total. The van der Waals surface area contributed by atoms with Crippen LogP contribution in [0.5, 0.6) is 0 Å². The molecule has 2 amide bonds. The van der Waals surface area contributed by atoms with Gasteiger partial charge in [-0.15, -0.1) is 0 Å². The zero-order valence-electron chi connectivity index (χ0n) is 19.3. The number of hydrogen-bond donors (Lipinski definition) is 1. The summed E-state index contributed by atoms with van der Waals surface area (Å²) < 4.78 is 1.85. The minimum atomic E-state index is -0.168. The molecule has 1 aliphatic rings. The van der Waals surface area contributed by atoms with E-state index in [0.717, 1.165) is 48.2 Å². The molecule has 7 heteroatoms. The van der Waals surface area contributed by atoms with Gasteiger partial charge in [0.1, 0.15) is 0 Å². The number of hydrogen-bond acceptors (Lipinski definition) is 4. The van der Waals surface area contributed by atoms with Crippen LogP contribution in [-0.4, -0.2) is 44.6 Å². The van der Waals surface area contributed by atoms with Crippen LogP contribution in [0.15, 0.2) is 36.5 Å². The van der Waals surface area contributed by atoms with Gasteiger partial charge in [-0.25, -0.2) is 9.67 Å². The van der Waals surface area contributed by atoms with Crippen LogP contribution in [0.4, 0.5) is 0 Å². The van der Waals surface area contributed by atoms with Crippen molar-refractivity contribution in [3.8, 4) is 0 Å². The summed E-state index contributed by atoms with van der Waals surface area (Å²) in [7, 11) is 0. The Kier molecular flexibility index (Phi) is 6.26. The number of fused-ring (bicyclic) bond motifs is 1. The molecule has 0 unspecified atom stereocenters. The van der Waals surface area contributed by atoms with Crippen molar-refractivity contribution < 1.29 is 9.59 Å². The van der Waals surface area contributed by atoms with Gasteiger partial charge in [0, 0.05) is 36.9 Å². The highest BCUT2D eigenvalue weighted by Gasteiger charge is 2.21. The average molecular weight is 434 g/mol. The number of carbonyl (C=O) groups excluding carboxylic acids is 2. The first kappa shape index (κ1) is 22.0. The normalized spacial score (nSPS) is 14.0. The number of rotatable bonds is 6. The van der Waals surface area contributed by atoms with Gasteiger partial charge >= 0.3 is 0 Å². The van der Waals surface area contributed by atoms with Crippen molar-refractivity contribution in [2.45, 2.75) is 59.0 Å². The van der Waals surface area contributed by atoms with Gasteiger partial charge in [0.05, 0.1) is 17.1 Å². The predicted molar refractivity (Wildman–Crippen MR) is 125 cm³/mol. The highest BCUT2D eigenvalue weighted by Crippen LogP contribution is 2.24. The van der Waals surface area contributed by atoms with Crippen molar-refractivity contribution in [1.82, 2.24) is 25.0 Å². The fourth-order valence-corrected chi connectivity index (χ4v) is 4.09. The average Bonchev–Trinajstić information content (AvgIpc) is 3.46. The van der Waals surface area contributed by atoms with Crippen molar-refractivity contribution in [2.75, 3.05) is 13.1 Å². The molecule has 1 N–H and O–H groups in total. The van der Waals surface area contributed by atoms with Crippen molar-refractivity contribution in [2.24, 2.45) is 0 Å². The molecular weight excluding hydrogens is 402 g/mol. The molecule has 1 aliphatic heterocycles. The molecule has 2 aromatic heterocycles. The molecule has 3 aromatic rings.